The van der Waals surface area contributed by atoms with E-state index >= 15 is 0 Å². The standard InChI is InChI=1S/C15H20O4/c1-11-13(15(2,17-3)9-10-18-11)19-14(16)12-7-5-4-6-8-12/h4-8,11,13H,9-10H2,1-3H3/t11-,13-,15+/m0/s1. The SMILES string of the molecule is CO[C@]1(C)CCO[C@@H](C)[C@@H]1OC(=O)c1ccccc1. The number of carbonyl (C=O) groups excluding carboxylic acids is 1. The Morgan fingerprint density at radius 1 is 1.37 bits per heavy atom. The van der Waals surface area contributed by atoms with Crippen LogP contribution in [0.3, 0.4) is 0 Å². The summed E-state index contributed by atoms with van der Waals surface area (Å²) in [6, 6.07) is 8.96. The Labute approximate surface area is 113 Å². The number of ether oxygens (including phenoxy) is 3. The summed E-state index contributed by atoms with van der Waals surface area (Å²) in [5.74, 6) is -0.341. The number of rotatable bonds is 3. The molecule has 1 aromatic carbocycles. The van der Waals surface area contributed by atoms with E-state index < -0.39 is 11.7 Å². The second-order valence-corrected chi connectivity index (χ2v) is 5.03. The minimum absolute atomic E-state index is 0.175. The Kier molecular flexibility index (Phi) is 4.22. The maximum absolute atomic E-state index is 12.1. The van der Waals surface area contributed by atoms with E-state index in [1.54, 1.807) is 19.2 Å². The summed E-state index contributed by atoms with van der Waals surface area (Å²) in [7, 11) is 1.64. The molecule has 0 amide bonds. The first-order chi connectivity index (χ1) is 9.07. The summed E-state index contributed by atoms with van der Waals surface area (Å²) in [6.45, 7) is 4.47. The van der Waals surface area contributed by atoms with Crippen LogP contribution in [0.5, 0.6) is 0 Å². The highest BCUT2D eigenvalue weighted by Gasteiger charge is 2.44. The minimum Gasteiger partial charge on any atom is -0.453 e. The van der Waals surface area contributed by atoms with Gasteiger partial charge in [-0.25, -0.2) is 4.79 Å². The maximum atomic E-state index is 12.1. The third-order valence-electron chi connectivity index (χ3n) is 3.72. The molecule has 0 unspecified atom stereocenters. The Balaban J connectivity index is 2.13. The Bertz CT molecular complexity index is 431. The van der Waals surface area contributed by atoms with Crippen LogP contribution in [0.15, 0.2) is 30.3 Å². The first-order valence-corrected chi connectivity index (χ1v) is 6.49. The van der Waals surface area contributed by atoms with Crippen LogP contribution in [0.25, 0.3) is 0 Å². The van der Waals surface area contributed by atoms with Crippen molar-refractivity contribution in [3.8, 4) is 0 Å². The van der Waals surface area contributed by atoms with Gasteiger partial charge in [0.2, 0.25) is 0 Å². The molecular formula is C15H20O4. The first-order valence-electron chi connectivity index (χ1n) is 6.49. The molecule has 1 aliphatic heterocycles. The number of hydrogen-bond donors (Lipinski definition) is 0. The molecule has 0 aliphatic carbocycles. The molecule has 4 heteroatoms. The van der Waals surface area contributed by atoms with Crippen LogP contribution >= 0.6 is 0 Å². The van der Waals surface area contributed by atoms with E-state index in [1.165, 1.54) is 0 Å². The number of esters is 1. The molecule has 0 bridgehead atoms. The number of benzene rings is 1. The lowest BCUT2D eigenvalue weighted by Gasteiger charge is -2.42. The molecule has 0 aromatic heterocycles. The molecule has 1 aliphatic rings. The van der Waals surface area contributed by atoms with Crippen LogP contribution in [0, 0.1) is 0 Å². The molecule has 0 saturated carbocycles. The highest BCUT2D eigenvalue weighted by atomic mass is 16.6. The van der Waals surface area contributed by atoms with Crippen LogP contribution in [0.4, 0.5) is 0 Å². The third kappa shape index (κ3) is 2.96. The lowest BCUT2D eigenvalue weighted by Crippen LogP contribution is -2.54. The largest absolute Gasteiger partial charge is 0.453 e. The fourth-order valence-electron chi connectivity index (χ4n) is 2.37. The van der Waals surface area contributed by atoms with Gasteiger partial charge >= 0.3 is 5.97 Å². The molecule has 104 valence electrons. The second kappa shape index (κ2) is 5.72. The number of hydrogen-bond acceptors (Lipinski definition) is 4. The Morgan fingerprint density at radius 3 is 2.68 bits per heavy atom. The summed E-state index contributed by atoms with van der Waals surface area (Å²) in [5, 5.41) is 0. The lowest BCUT2D eigenvalue weighted by molar-refractivity contribution is -0.190. The molecule has 0 spiro atoms. The van der Waals surface area contributed by atoms with Crippen molar-refractivity contribution in [3.63, 3.8) is 0 Å². The normalized spacial score (nSPS) is 30.9. The van der Waals surface area contributed by atoms with Gasteiger partial charge in [0.15, 0.2) is 6.10 Å². The van der Waals surface area contributed by atoms with Gasteiger partial charge in [-0.2, -0.15) is 0 Å². The van der Waals surface area contributed by atoms with Gasteiger partial charge in [0, 0.05) is 20.1 Å². The van der Waals surface area contributed by atoms with E-state index in [1.807, 2.05) is 32.0 Å². The predicted molar refractivity (Wildman–Crippen MR) is 71.1 cm³/mol. The maximum Gasteiger partial charge on any atom is 0.338 e. The zero-order chi connectivity index (χ0) is 13.9. The molecular weight excluding hydrogens is 244 g/mol. The number of carbonyl (C=O) groups is 1. The highest BCUT2D eigenvalue weighted by Crippen LogP contribution is 2.31. The Hall–Kier alpha value is -1.39. The summed E-state index contributed by atoms with van der Waals surface area (Å²) in [4.78, 5) is 12.1. The van der Waals surface area contributed by atoms with E-state index in [-0.39, 0.29) is 12.1 Å². The predicted octanol–water partition coefficient (Wildman–Crippen LogP) is 2.43. The third-order valence-corrected chi connectivity index (χ3v) is 3.72. The van der Waals surface area contributed by atoms with Crippen molar-refractivity contribution in [1.29, 1.82) is 0 Å². The highest BCUT2D eigenvalue weighted by molar-refractivity contribution is 5.89. The van der Waals surface area contributed by atoms with Crippen molar-refractivity contribution in [3.05, 3.63) is 35.9 Å². The van der Waals surface area contributed by atoms with E-state index in [9.17, 15) is 4.79 Å². The summed E-state index contributed by atoms with van der Waals surface area (Å²) < 4.78 is 16.7. The molecule has 3 atom stereocenters. The van der Waals surface area contributed by atoms with Crippen LogP contribution in [0.2, 0.25) is 0 Å². The quantitative estimate of drug-likeness (QED) is 0.786. The molecule has 0 N–H and O–H groups in total. The molecule has 4 nitrogen and oxygen atoms in total. The van der Waals surface area contributed by atoms with Crippen molar-refractivity contribution in [2.75, 3.05) is 13.7 Å². The molecule has 1 heterocycles. The van der Waals surface area contributed by atoms with Gasteiger partial charge < -0.3 is 14.2 Å². The molecule has 0 radical (unpaired) electrons. The second-order valence-electron chi connectivity index (χ2n) is 5.03. The van der Waals surface area contributed by atoms with Crippen molar-refractivity contribution in [2.24, 2.45) is 0 Å². The molecule has 1 fully saturated rings. The van der Waals surface area contributed by atoms with Gasteiger partial charge in [0.05, 0.1) is 11.7 Å². The topological polar surface area (TPSA) is 44.8 Å². The van der Waals surface area contributed by atoms with E-state index in [0.29, 0.717) is 18.6 Å². The van der Waals surface area contributed by atoms with E-state index in [4.69, 9.17) is 14.2 Å². The smallest absolute Gasteiger partial charge is 0.338 e. The first kappa shape index (κ1) is 14.0. The molecule has 19 heavy (non-hydrogen) atoms. The summed E-state index contributed by atoms with van der Waals surface area (Å²) >= 11 is 0. The fraction of sp³-hybridized carbons (Fsp3) is 0.533. The van der Waals surface area contributed by atoms with Crippen LogP contribution in [-0.2, 0) is 14.2 Å². The van der Waals surface area contributed by atoms with Gasteiger partial charge in [0.1, 0.15) is 5.60 Å². The fourth-order valence-corrected chi connectivity index (χ4v) is 2.37. The minimum atomic E-state index is -0.498. The Morgan fingerprint density at radius 2 is 2.05 bits per heavy atom. The zero-order valence-electron chi connectivity index (χ0n) is 11.6. The van der Waals surface area contributed by atoms with Crippen LogP contribution in [0.1, 0.15) is 30.6 Å². The van der Waals surface area contributed by atoms with Crippen LogP contribution in [-0.4, -0.2) is 37.5 Å². The average molecular weight is 264 g/mol. The average Bonchev–Trinajstić information content (AvgIpc) is 2.44. The molecule has 1 saturated heterocycles. The lowest BCUT2D eigenvalue weighted by atomic mass is 9.89. The van der Waals surface area contributed by atoms with Gasteiger partial charge in [-0.15, -0.1) is 0 Å². The van der Waals surface area contributed by atoms with Gasteiger partial charge in [-0.3, -0.25) is 0 Å². The van der Waals surface area contributed by atoms with Crippen molar-refractivity contribution >= 4 is 5.97 Å². The van der Waals surface area contributed by atoms with Crippen LogP contribution < -0.4 is 0 Å². The molecule has 2 rings (SSSR count). The molecule has 1 aromatic rings. The van der Waals surface area contributed by atoms with E-state index in [2.05, 4.69) is 0 Å². The van der Waals surface area contributed by atoms with Crippen molar-refractivity contribution < 1.29 is 19.0 Å². The summed E-state index contributed by atoms with van der Waals surface area (Å²) in [6.07, 6.45) is 0.130. The zero-order valence-corrected chi connectivity index (χ0v) is 11.6. The monoisotopic (exact) mass is 264 g/mol. The van der Waals surface area contributed by atoms with Gasteiger partial charge in [-0.05, 0) is 26.0 Å². The van der Waals surface area contributed by atoms with E-state index in [0.717, 1.165) is 0 Å². The summed E-state index contributed by atoms with van der Waals surface area (Å²) in [5.41, 5.74) is 0.0426. The van der Waals surface area contributed by atoms with Crippen molar-refractivity contribution in [2.45, 2.75) is 38.1 Å². The van der Waals surface area contributed by atoms with Gasteiger partial charge in [-0.1, -0.05) is 18.2 Å². The number of methoxy groups -OCH3 is 1. The van der Waals surface area contributed by atoms with Crippen molar-refractivity contribution in [1.82, 2.24) is 0 Å². The van der Waals surface area contributed by atoms with Gasteiger partial charge in [0.25, 0.3) is 0 Å².